The van der Waals surface area contributed by atoms with E-state index in [4.69, 9.17) is 0 Å². The molecule has 0 heteroatoms. The zero-order chi connectivity index (χ0) is 36.7. The third-order valence-corrected chi connectivity index (χ3v) is 12.2. The van der Waals surface area contributed by atoms with Crippen molar-refractivity contribution in [3.63, 3.8) is 0 Å². The molecule has 0 aliphatic rings. The molecule has 0 saturated heterocycles. The molecule has 0 bridgehead atoms. The van der Waals surface area contributed by atoms with E-state index >= 15 is 0 Å². The molecule has 0 nitrogen and oxygen atoms in total. The standard InChI is InChI=1S/C56H34/c1-3-15-35(16-4-1)51-39-19-7-11-23-43(39)55(44-24-12-8-20-40(44)51)49-33-29-37-28-32-48-50(34-30-38-27-31-47(49)53(37)54(38)48)56-45-25-13-9-21-41(45)52(36-17-5-2-6-18-36)42-22-10-14-26-46(42)56/h1-34H. The van der Waals surface area contributed by atoms with E-state index in [1.807, 2.05) is 0 Å². The topological polar surface area (TPSA) is 0 Å². The van der Waals surface area contributed by atoms with Gasteiger partial charge in [-0.1, -0.05) is 206 Å². The molecule has 0 spiro atoms. The van der Waals surface area contributed by atoms with Gasteiger partial charge in [0.15, 0.2) is 0 Å². The average Bonchev–Trinajstić information content (AvgIpc) is 3.27. The van der Waals surface area contributed by atoms with Crippen LogP contribution in [0.25, 0.3) is 120 Å². The van der Waals surface area contributed by atoms with Crippen LogP contribution in [0.5, 0.6) is 0 Å². The maximum absolute atomic E-state index is 2.37. The summed E-state index contributed by atoms with van der Waals surface area (Å²) in [7, 11) is 0. The van der Waals surface area contributed by atoms with Gasteiger partial charge in [0.05, 0.1) is 0 Å². The van der Waals surface area contributed by atoms with Gasteiger partial charge >= 0.3 is 0 Å². The van der Waals surface area contributed by atoms with Crippen LogP contribution in [0.3, 0.4) is 0 Å². The second-order valence-electron chi connectivity index (χ2n) is 15.1. The number of benzene rings is 12. The molecule has 56 heavy (non-hydrogen) atoms. The van der Waals surface area contributed by atoms with Gasteiger partial charge in [0.25, 0.3) is 0 Å². The summed E-state index contributed by atoms with van der Waals surface area (Å²) in [5.74, 6) is 0. The van der Waals surface area contributed by atoms with E-state index in [2.05, 4.69) is 206 Å². The molecule has 0 N–H and O–H groups in total. The first-order chi connectivity index (χ1) is 27.8. The maximum Gasteiger partial charge on any atom is -0.00201 e. The zero-order valence-corrected chi connectivity index (χ0v) is 30.6. The van der Waals surface area contributed by atoms with Gasteiger partial charge < -0.3 is 0 Å². The minimum Gasteiger partial charge on any atom is -0.0622 e. The average molecular weight is 707 g/mol. The van der Waals surface area contributed by atoms with Crippen molar-refractivity contribution in [2.45, 2.75) is 0 Å². The van der Waals surface area contributed by atoms with Crippen LogP contribution in [-0.2, 0) is 0 Å². The van der Waals surface area contributed by atoms with Gasteiger partial charge in [-0.05, 0) is 120 Å². The Labute approximate surface area is 324 Å². The van der Waals surface area contributed by atoms with Gasteiger partial charge in [-0.25, -0.2) is 0 Å². The van der Waals surface area contributed by atoms with Crippen LogP contribution < -0.4 is 0 Å². The lowest BCUT2D eigenvalue weighted by Gasteiger charge is -2.21. The molecular weight excluding hydrogens is 673 g/mol. The zero-order valence-electron chi connectivity index (χ0n) is 30.6. The van der Waals surface area contributed by atoms with Crippen molar-refractivity contribution in [1.82, 2.24) is 0 Å². The largest absolute Gasteiger partial charge is 0.0622 e. The van der Waals surface area contributed by atoms with Gasteiger partial charge in [-0.15, -0.1) is 0 Å². The highest BCUT2D eigenvalue weighted by Crippen LogP contribution is 2.50. The molecule has 12 rings (SSSR count). The van der Waals surface area contributed by atoms with Crippen LogP contribution in [-0.4, -0.2) is 0 Å². The van der Waals surface area contributed by atoms with Gasteiger partial charge in [0, 0.05) is 0 Å². The van der Waals surface area contributed by atoms with Crippen molar-refractivity contribution in [3.8, 4) is 44.5 Å². The summed E-state index contributed by atoms with van der Waals surface area (Å²) in [5.41, 5.74) is 10.2. The van der Waals surface area contributed by atoms with E-state index in [-0.39, 0.29) is 0 Å². The second kappa shape index (κ2) is 12.1. The smallest absolute Gasteiger partial charge is 0.00201 e. The van der Waals surface area contributed by atoms with Crippen molar-refractivity contribution < 1.29 is 0 Å². The lowest BCUT2D eigenvalue weighted by molar-refractivity contribution is 1.66. The van der Waals surface area contributed by atoms with Gasteiger partial charge in [-0.2, -0.15) is 0 Å². The Kier molecular flexibility index (Phi) is 6.73. The van der Waals surface area contributed by atoms with Crippen LogP contribution in [0.1, 0.15) is 0 Å². The van der Waals surface area contributed by atoms with E-state index in [1.54, 1.807) is 0 Å². The fraction of sp³-hybridized carbons (Fsp3) is 0. The molecule has 0 saturated carbocycles. The minimum absolute atomic E-state index is 1.24. The van der Waals surface area contributed by atoms with E-state index in [0.717, 1.165) is 0 Å². The molecule has 12 aromatic rings. The van der Waals surface area contributed by atoms with Crippen molar-refractivity contribution >= 4 is 75.4 Å². The Morgan fingerprint density at radius 3 is 0.768 bits per heavy atom. The molecule has 0 aliphatic carbocycles. The van der Waals surface area contributed by atoms with Gasteiger partial charge in [-0.3, -0.25) is 0 Å². The molecule has 0 unspecified atom stereocenters. The summed E-state index contributed by atoms with van der Waals surface area (Å²) < 4.78 is 0. The summed E-state index contributed by atoms with van der Waals surface area (Å²) in [6.07, 6.45) is 0. The van der Waals surface area contributed by atoms with E-state index in [0.29, 0.717) is 0 Å². The van der Waals surface area contributed by atoms with Crippen LogP contribution >= 0.6 is 0 Å². The normalized spacial score (nSPS) is 11.9. The molecule has 0 fully saturated rings. The van der Waals surface area contributed by atoms with Crippen LogP contribution in [0.4, 0.5) is 0 Å². The van der Waals surface area contributed by atoms with Crippen molar-refractivity contribution in [2.75, 3.05) is 0 Å². The molecule has 12 aromatic carbocycles. The lowest BCUT2D eigenvalue weighted by Crippen LogP contribution is -1.94. The summed E-state index contributed by atoms with van der Waals surface area (Å²) in [6, 6.07) is 76.5. The predicted molar refractivity (Wildman–Crippen MR) is 242 cm³/mol. The minimum atomic E-state index is 1.24. The molecule has 0 atom stereocenters. The van der Waals surface area contributed by atoms with E-state index in [9.17, 15) is 0 Å². The number of fused-ring (bicyclic) bond motifs is 4. The SMILES string of the molecule is c1ccc(-c2c3ccccc3c(-c3ccc4ccc5c(-c6c7ccccc7c(-c7ccccc7)c7ccccc67)ccc6ccc3c4c65)c3ccccc23)cc1. The lowest BCUT2D eigenvalue weighted by atomic mass is 9.81. The molecule has 0 amide bonds. The predicted octanol–water partition coefficient (Wildman–Crippen LogP) is 15.9. The molecule has 0 aliphatic heterocycles. The van der Waals surface area contributed by atoms with Gasteiger partial charge in [0.1, 0.15) is 0 Å². The third-order valence-electron chi connectivity index (χ3n) is 12.2. The number of hydrogen-bond donors (Lipinski definition) is 0. The monoisotopic (exact) mass is 706 g/mol. The highest BCUT2D eigenvalue weighted by atomic mass is 14.2. The van der Waals surface area contributed by atoms with Crippen molar-refractivity contribution in [2.24, 2.45) is 0 Å². The van der Waals surface area contributed by atoms with Crippen LogP contribution in [0.2, 0.25) is 0 Å². The van der Waals surface area contributed by atoms with Gasteiger partial charge in [0.2, 0.25) is 0 Å². The molecular formula is C56H34. The fourth-order valence-electron chi connectivity index (χ4n) is 9.91. The third kappa shape index (κ3) is 4.42. The van der Waals surface area contributed by atoms with Crippen molar-refractivity contribution in [3.05, 3.63) is 206 Å². The quantitative estimate of drug-likeness (QED) is 0.126. The Morgan fingerprint density at radius 2 is 0.446 bits per heavy atom. The highest BCUT2D eigenvalue weighted by molar-refractivity contribution is 6.32. The Balaban J connectivity index is 1.18. The number of hydrogen-bond acceptors (Lipinski definition) is 0. The van der Waals surface area contributed by atoms with Crippen LogP contribution in [0, 0.1) is 0 Å². The molecule has 258 valence electrons. The highest BCUT2D eigenvalue weighted by Gasteiger charge is 2.22. The Hall–Kier alpha value is -7.28. The molecule has 0 aromatic heterocycles. The van der Waals surface area contributed by atoms with Crippen molar-refractivity contribution in [1.29, 1.82) is 0 Å². The fourth-order valence-corrected chi connectivity index (χ4v) is 9.91. The Bertz CT molecular complexity index is 3150. The summed E-state index contributed by atoms with van der Waals surface area (Å²) in [6.45, 7) is 0. The van der Waals surface area contributed by atoms with E-state index < -0.39 is 0 Å². The summed E-state index contributed by atoms with van der Waals surface area (Å²) in [4.78, 5) is 0. The molecule has 0 heterocycles. The van der Waals surface area contributed by atoms with E-state index in [1.165, 1.54) is 120 Å². The summed E-state index contributed by atoms with van der Waals surface area (Å²) >= 11 is 0. The second-order valence-corrected chi connectivity index (χ2v) is 15.1. The number of rotatable bonds is 4. The molecule has 0 radical (unpaired) electrons. The Morgan fingerprint density at radius 1 is 0.179 bits per heavy atom. The first kappa shape index (κ1) is 31.1. The first-order valence-corrected chi connectivity index (χ1v) is 19.5. The first-order valence-electron chi connectivity index (χ1n) is 19.5. The van der Waals surface area contributed by atoms with Crippen LogP contribution in [0.15, 0.2) is 206 Å². The summed E-state index contributed by atoms with van der Waals surface area (Å²) in [5, 5.41) is 18.0. The maximum atomic E-state index is 2.37.